The van der Waals surface area contributed by atoms with Gasteiger partial charge in [0.2, 0.25) is 5.91 Å². The zero-order chi connectivity index (χ0) is 15.2. The molecule has 21 heavy (non-hydrogen) atoms. The molecule has 1 amide bonds. The van der Waals surface area contributed by atoms with Gasteiger partial charge in [0.15, 0.2) is 0 Å². The fourth-order valence-electron chi connectivity index (χ4n) is 2.16. The van der Waals surface area contributed by atoms with E-state index in [-0.39, 0.29) is 11.9 Å². The molecule has 0 aromatic heterocycles. The first-order valence-corrected chi connectivity index (χ1v) is 7.07. The van der Waals surface area contributed by atoms with Gasteiger partial charge in [-0.3, -0.25) is 4.79 Å². The summed E-state index contributed by atoms with van der Waals surface area (Å²) in [6, 6.07) is 15.8. The molecule has 0 saturated carbocycles. The van der Waals surface area contributed by atoms with E-state index in [0.29, 0.717) is 6.42 Å². The molecule has 0 heterocycles. The van der Waals surface area contributed by atoms with Crippen LogP contribution in [-0.4, -0.2) is 13.0 Å². The molecule has 2 aromatic carbocycles. The minimum absolute atomic E-state index is 0.0196. The van der Waals surface area contributed by atoms with Gasteiger partial charge >= 0.3 is 0 Å². The highest BCUT2D eigenvalue weighted by Crippen LogP contribution is 2.17. The van der Waals surface area contributed by atoms with E-state index in [0.717, 1.165) is 16.9 Å². The van der Waals surface area contributed by atoms with Crippen LogP contribution in [0.4, 0.5) is 0 Å². The van der Waals surface area contributed by atoms with Gasteiger partial charge in [0.1, 0.15) is 5.75 Å². The van der Waals surface area contributed by atoms with E-state index in [9.17, 15) is 4.79 Å². The lowest BCUT2D eigenvalue weighted by Gasteiger charge is -2.15. The summed E-state index contributed by atoms with van der Waals surface area (Å²) >= 11 is 0. The van der Waals surface area contributed by atoms with Gasteiger partial charge in [0, 0.05) is 0 Å². The number of rotatable bonds is 5. The molecule has 0 saturated heterocycles. The van der Waals surface area contributed by atoms with Crippen LogP contribution in [0, 0.1) is 6.92 Å². The van der Waals surface area contributed by atoms with E-state index >= 15 is 0 Å². The molecule has 2 aromatic rings. The molecule has 0 spiro atoms. The highest BCUT2D eigenvalue weighted by molar-refractivity contribution is 5.79. The zero-order valence-electron chi connectivity index (χ0n) is 12.7. The molecule has 0 fully saturated rings. The maximum Gasteiger partial charge on any atom is 0.224 e. The first-order valence-electron chi connectivity index (χ1n) is 7.07. The van der Waals surface area contributed by atoms with Crippen molar-refractivity contribution < 1.29 is 9.53 Å². The molecule has 0 aliphatic rings. The third kappa shape index (κ3) is 4.35. The highest BCUT2D eigenvalue weighted by Gasteiger charge is 2.10. The largest absolute Gasteiger partial charge is 0.497 e. The van der Waals surface area contributed by atoms with Gasteiger partial charge in [0.05, 0.1) is 19.6 Å². The highest BCUT2D eigenvalue weighted by atomic mass is 16.5. The number of benzene rings is 2. The number of aryl methyl sites for hydroxylation is 1. The molecule has 0 aliphatic carbocycles. The molecular formula is C18H21NO2. The van der Waals surface area contributed by atoms with E-state index in [1.54, 1.807) is 7.11 Å². The second-order valence-corrected chi connectivity index (χ2v) is 5.22. The third-order valence-corrected chi connectivity index (χ3v) is 3.48. The lowest BCUT2D eigenvalue weighted by Crippen LogP contribution is -2.28. The Bertz CT molecular complexity index is 588. The maximum absolute atomic E-state index is 12.1. The molecule has 0 radical (unpaired) electrons. The van der Waals surface area contributed by atoms with E-state index < -0.39 is 0 Å². The van der Waals surface area contributed by atoms with Crippen LogP contribution in [0.15, 0.2) is 48.5 Å². The van der Waals surface area contributed by atoms with Gasteiger partial charge in [-0.15, -0.1) is 0 Å². The van der Waals surface area contributed by atoms with Gasteiger partial charge in [-0.1, -0.05) is 42.0 Å². The third-order valence-electron chi connectivity index (χ3n) is 3.48. The van der Waals surface area contributed by atoms with Gasteiger partial charge in [-0.2, -0.15) is 0 Å². The first-order chi connectivity index (χ1) is 10.1. The van der Waals surface area contributed by atoms with Crippen LogP contribution in [0.5, 0.6) is 5.75 Å². The summed E-state index contributed by atoms with van der Waals surface area (Å²) in [7, 11) is 1.64. The molecule has 0 unspecified atom stereocenters. The molecular weight excluding hydrogens is 262 g/mol. The maximum atomic E-state index is 12.1. The van der Waals surface area contributed by atoms with Crippen LogP contribution >= 0.6 is 0 Å². The van der Waals surface area contributed by atoms with Gasteiger partial charge in [-0.05, 0) is 37.1 Å². The Balaban J connectivity index is 1.93. The van der Waals surface area contributed by atoms with E-state index in [1.165, 1.54) is 5.56 Å². The van der Waals surface area contributed by atoms with Crippen molar-refractivity contribution in [3.05, 3.63) is 65.2 Å². The molecule has 110 valence electrons. The number of nitrogens with one attached hydrogen (secondary N) is 1. The minimum atomic E-state index is -0.0196. The summed E-state index contributed by atoms with van der Waals surface area (Å²) in [4.78, 5) is 12.1. The van der Waals surface area contributed by atoms with Gasteiger partial charge < -0.3 is 10.1 Å². The molecule has 0 bridgehead atoms. The number of carbonyl (C=O) groups is 1. The van der Waals surface area contributed by atoms with E-state index in [1.807, 2.05) is 62.4 Å². The summed E-state index contributed by atoms with van der Waals surface area (Å²) in [5.74, 6) is 0.846. The number of ether oxygens (including phenoxy) is 1. The number of methoxy groups -OCH3 is 1. The summed E-state index contributed by atoms with van der Waals surface area (Å²) in [6.07, 6.45) is 0.404. The lowest BCUT2D eigenvalue weighted by molar-refractivity contribution is -0.121. The second kappa shape index (κ2) is 6.93. The normalized spacial score (nSPS) is 11.8. The lowest BCUT2D eigenvalue weighted by atomic mass is 10.1. The Labute approximate surface area is 126 Å². The number of amides is 1. The van der Waals surface area contributed by atoms with Crippen molar-refractivity contribution in [3.8, 4) is 5.75 Å². The van der Waals surface area contributed by atoms with Crippen molar-refractivity contribution in [2.75, 3.05) is 7.11 Å². The zero-order valence-corrected chi connectivity index (χ0v) is 12.7. The fourth-order valence-corrected chi connectivity index (χ4v) is 2.16. The quantitative estimate of drug-likeness (QED) is 0.913. The summed E-state index contributed by atoms with van der Waals surface area (Å²) in [5, 5.41) is 3.02. The molecule has 0 aliphatic heterocycles. The molecule has 1 atom stereocenters. The SMILES string of the molecule is COc1ccc([C@@H](C)NC(=O)Cc2ccc(C)cc2)cc1. The Morgan fingerprint density at radius 2 is 1.71 bits per heavy atom. The van der Waals surface area contributed by atoms with Crippen LogP contribution in [-0.2, 0) is 11.2 Å². The Hall–Kier alpha value is -2.29. The summed E-state index contributed by atoms with van der Waals surface area (Å²) in [5.41, 5.74) is 3.29. The predicted octanol–water partition coefficient (Wildman–Crippen LogP) is 3.42. The van der Waals surface area contributed by atoms with Crippen LogP contribution in [0.25, 0.3) is 0 Å². The van der Waals surface area contributed by atoms with Crippen molar-refractivity contribution in [1.82, 2.24) is 5.32 Å². The van der Waals surface area contributed by atoms with Crippen molar-refractivity contribution in [3.63, 3.8) is 0 Å². The monoisotopic (exact) mass is 283 g/mol. The van der Waals surface area contributed by atoms with Crippen molar-refractivity contribution in [2.45, 2.75) is 26.3 Å². The topological polar surface area (TPSA) is 38.3 Å². The average Bonchev–Trinajstić information content (AvgIpc) is 2.49. The average molecular weight is 283 g/mol. The van der Waals surface area contributed by atoms with Crippen LogP contribution in [0.2, 0.25) is 0 Å². The molecule has 1 N–H and O–H groups in total. The number of carbonyl (C=O) groups excluding carboxylic acids is 1. The van der Waals surface area contributed by atoms with Crippen LogP contribution in [0.3, 0.4) is 0 Å². The number of hydrogen-bond acceptors (Lipinski definition) is 2. The van der Waals surface area contributed by atoms with Gasteiger partial charge in [0.25, 0.3) is 0 Å². The van der Waals surface area contributed by atoms with Crippen molar-refractivity contribution in [2.24, 2.45) is 0 Å². The Morgan fingerprint density at radius 3 is 2.29 bits per heavy atom. The smallest absolute Gasteiger partial charge is 0.224 e. The predicted molar refractivity (Wildman–Crippen MR) is 84.4 cm³/mol. The van der Waals surface area contributed by atoms with E-state index in [2.05, 4.69) is 5.32 Å². The fraction of sp³-hybridized carbons (Fsp3) is 0.278. The standard InChI is InChI=1S/C18H21NO2/c1-13-4-6-15(7-5-13)12-18(20)19-14(2)16-8-10-17(21-3)11-9-16/h4-11,14H,12H2,1-3H3,(H,19,20)/t14-/m1/s1. The second-order valence-electron chi connectivity index (χ2n) is 5.22. The van der Waals surface area contributed by atoms with Crippen LogP contribution < -0.4 is 10.1 Å². The van der Waals surface area contributed by atoms with Gasteiger partial charge in [-0.25, -0.2) is 0 Å². The molecule has 3 nitrogen and oxygen atoms in total. The first kappa shape index (κ1) is 15.1. The van der Waals surface area contributed by atoms with Crippen LogP contribution in [0.1, 0.15) is 29.7 Å². The van der Waals surface area contributed by atoms with Crippen molar-refractivity contribution in [1.29, 1.82) is 0 Å². The minimum Gasteiger partial charge on any atom is -0.497 e. The molecule has 2 rings (SSSR count). The van der Waals surface area contributed by atoms with Crippen molar-refractivity contribution >= 4 is 5.91 Å². The summed E-state index contributed by atoms with van der Waals surface area (Å²) < 4.78 is 5.13. The Morgan fingerprint density at radius 1 is 1.10 bits per heavy atom. The summed E-state index contributed by atoms with van der Waals surface area (Å²) in [6.45, 7) is 4.02. The van der Waals surface area contributed by atoms with E-state index in [4.69, 9.17) is 4.74 Å². The Kier molecular flexibility index (Phi) is 4.99. The molecule has 3 heteroatoms. The number of hydrogen-bond donors (Lipinski definition) is 1.